The summed E-state index contributed by atoms with van der Waals surface area (Å²) < 4.78 is 0. The van der Waals surface area contributed by atoms with E-state index in [9.17, 15) is 4.79 Å². The summed E-state index contributed by atoms with van der Waals surface area (Å²) in [5.41, 5.74) is 3.42. The molecule has 1 aliphatic carbocycles. The van der Waals surface area contributed by atoms with Crippen molar-refractivity contribution in [1.29, 1.82) is 0 Å². The maximum atomic E-state index is 12.6. The monoisotopic (exact) mass is 381 g/mol. The van der Waals surface area contributed by atoms with Gasteiger partial charge < -0.3 is 10.3 Å². The molecule has 1 aromatic heterocycles. The van der Waals surface area contributed by atoms with Crippen molar-refractivity contribution < 1.29 is 4.79 Å². The second-order valence-corrected chi connectivity index (χ2v) is 7.78. The maximum absolute atomic E-state index is 12.6. The summed E-state index contributed by atoms with van der Waals surface area (Å²) >= 11 is 6.04. The van der Waals surface area contributed by atoms with Gasteiger partial charge in [-0.25, -0.2) is 4.98 Å². The third kappa shape index (κ3) is 4.33. The summed E-state index contributed by atoms with van der Waals surface area (Å²) in [6, 6.07) is 13.5. The molecule has 0 saturated heterocycles. The smallest absolute Gasteiger partial charge is 0.251 e. The van der Waals surface area contributed by atoms with Crippen LogP contribution >= 0.6 is 11.6 Å². The molecule has 1 heterocycles. The number of halogens is 1. The van der Waals surface area contributed by atoms with Crippen LogP contribution in [-0.4, -0.2) is 21.9 Å². The van der Waals surface area contributed by atoms with E-state index < -0.39 is 0 Å². The summed E-state index contributed by atoms with van der Waals surface area (Å²) in [4.78, 5) is 20.5. The first-order valence-electron chi connectivity index (χ1n) is 9.75. The molecule has 0 spiro atoms. The maximum Gasteiger partial charge on any atom is 0.251 e. The van der Waals surface area contributed by atoms with Crippen LogP contribution in [-0.2, 0) is 0 Å². The predicted octanol–water partition coefficient (Wildman–Crippen LogP) is 5.73. The first-order valence-corrected chi connectivity index (χ1v) is 10.1. The molecule has 27 heavy (non-hydrogen) atoms. The number of H-pyrrole nitrogens is 1. The number of nitrogens with one attached hydrogen (secondary N) is 2. The minimum Gasteiger partial charge on any atom is -0.349 e. The highest BCUT2D eigenvalue weighted by Crippen LogP contribution is 2.23. The van der Waals surface area contributed by atoms with Gasteiger partial charge in [-0.15, -0.1) is 0 Å². The molecule has 2 N–H and O–H groups in total. The van der Waals surface area contributed by atoms with Gasteiger partial charge in [-0.2, -0.15) is 0 Å². The van der Waals surface area contributed by atoms with E-state index in [1.54, 1.807) is 0 Å². The Hall–Kier alpha value is -2.33. The molecule has 4 rings (SSSR count). The molecule has 1 fully saturated rings. The van der Waals surface area contributed by atoms with Crippen molar-refractivity contribution in [1.82, 2.24) is 15.3 Å². The van der Waals surface area contributed by atoms with Crippen LogP contribution in [0.5, 0.6) is 0 Å². The second kappa shape index (κ2) is 8.13. The highest BCUT2D eigenvalue weighted by Gasteiger charge is 2.15. The van der Waals surface area contributed by atoms with Crippen molar-refractivity contribution in [2.45, 2.75) is 51.0 Å². The lowest BCUT2D eigenvalue weighted by molar-refractivity contribution is 0.0930. The van der Waals surface area contributed by atoms with E-state index in [-0.39, 0.29) is 5.91 Å². The van der Waals surface area contributed by atoms with Crippen LogP contribution in [0.4, 0.5) is 0 Å². The SMILES string of the molecule is O=C(NC1CCCCCCC1)c1ccc(-c2nc3ccc(Cl)cc3[nH]2)cc1. The Morgan fingerprint density at radius 3 is 2.44 bits per heavy atom. The summed E-state index contributed by atoms with van der Waals surface area (Å²) in [6.07, 6.45) is 8.49. The number of nitrogens with zero attached hydrogens (tertiary/aromatic N) is 1. The number of hydrogen-bond donors (Lipinski definition) is 2. The molecule has 0 radical (unpaired) electrons. The zero-order valence-electron chi connectivity index (χ0n) is 15.3. The third-order valence-electron chi connectivity index (χ3n) is 5.30. The van der Waals surface area contributed by atoms with Gasteiger partial charge in [0.2, 0.25) is 0 Å². The van der Waals surface area contributed by atoms with E-state index in [1.807, 2.05) is 42.5 Å². The molecule has 0 atom stereocenters. The van der Waals surface area contributed by atoms with Crippen LogP contribution in [0.3, 0.4) is 0 Å². The van der Waals surface area contributed by atoms with E-state index in [1.165, 1.54) is 32.1 Å². The highest BCUT2D eigenvalue weighted by molar-refractivity contribution is 6.31. The van der Waals surface area contributed by atoms with Gasteiger partial charge in [-0.1, -0.05) is 55.8 Å². The number of carbonyl (C=O) groups excluding carboxylic acids is 1. The van der Waals surface area contributed by atoms with Crippen molar-refractivity contribution >= 4 is 28.5 Å². The Balaban J connectivity index is 1.46. The zero-order valence-corrected chi connectivity index (χ0v) is 16.1. The number of benzene rings is 2. The van der Waals surface area contributed by atoms with Crippen molar-refractivity contribution in [2.75, 3.05) is 0 Å². The van der Waals surface area contributed by atoms with Crippen molar-refractivity contribution in [3.05, 3.63) is 53.1 Å². The molecule has 1 amide bonds. The van der Waals surface area contributed by atoms with Gasteiger partial charge >= 0.3 is 0 Å². The zero-order chi connectivity index (χ0) is 18.6. The Bertz CT molecular complexity index is 924. The standard InChI is InChI=1S/C22H24ClN3O/c23-17-12-13-19-20(14-17)26-21(25-19)15-8-10-16(11-9-15)22(27)24-18-6-4-2-1-3-5-7-18/h8-14,18H,1-7H2,(H,24,27)(H,25,26). The number of amides is 1. The van der Waals surface area contributed by atoms with Gasteiger partial charge in [0.1, 0.15) is 5.82 Å². The van der Waals surface area contributed by atoms with Crippen LogP contribution in [0.2, 0.25) is 5.02 Å². The number of hydrogen-bond acceptors (Lipinski definition) is 2. The van der Waals surface area contributed by atoms with Gasteiger partial charge in [-0.05, 0) is 43.2 Å². The van der Waals surface area contributed by atoms with Crippen LogP contribution in [0, 0.1) is 0 Å². The van der Waals surface area contributed by atoms with Crippen LogP contribution in [0.25, 0.3) is 22.4 Å². The average Bonchev–Trinajstić information content (AvgIpc) is 3.07. The minimum atomic E-state index is 0.0171. The van der Waals surface area contributed by atoms with E-state index in [4.69, 9.17) is 11.6 Å². The molecule has 1 saturated carbocycles. The van der Waals surface area contributed by atoms with Crippen molar-refractivity contribution in [3.63, 3.8) is 0 Å². The van der Waals surface area contributed by atoms with E-state index in [2.05, 4.69) is 15.3 Å². The molecular weight excluding hydrogens is 358 g/mol. The van der Waals surface area contributed by atoms with E-state index in [0.29, 0.717) is 16.6 Å². The number of imidazole rings is 1. The van der Waals surface area contributed by atoms with Gasteiger partial charge in [0, 0.05) is 22.2 Å². The molecule has 4 nitrogen and oxygen atoms in total. The highest BCUT2D eigenvalue weighted by atomic mass is 35.5. The lowest BCUT2D eigenvalue weighted by Crippen LogP contribution is -2.35. The summed E-state index contributed by atoms with van der Waals surface area (Å²) in [5.74, 6) is 0.794. The van der Waals surface area contributed by atoms with Gasteiger partial charge in [0.15, 0.2) is 0 Å². The third-order valence-corrected chi connectivity index (χ3v) is 5.54. The predicted molar refractivity (Wildman–Crippen MR) is 110 cm³/mol. The molecular formula is C22H24ClN3O. The molecule has 140 valence electrons. The first-order chi connectivity index (χ1) is 13.2. The second-order valence-electron chi connectivity index (χ2n) is 7.34. The molecule has 2 aromatic carbocycles. The van der Waals surface area contributed by atoms with Gasteiger partial charge in [-0.3, -0.25) is 4.79 Å². The number of aromatic amines is 1. The first kappa shape index (κ1) is 18.1. The molecule has 0 unspecified atom stereocenters. The normalized spacial score (nSPS) is 16.0. The molecule has 5 heteroatoms. The number of fused-ring (bicyclic) bond motifs is 1. The molecule has 0 aliphatic heterocycles. The fourth-order valence-electron chi connectivity index (χ4n) is 3.77. The van der Waals surface area contributed by atoms with E-state index >= 15 is 0 Å². The van der Waals surface area contributed by atoms with Crippen LogP contribution < -0.4 is 5.32 Å². The Morgan fingerprint density at radius 1 is 1.00 bits per heavy atom. The van der Waals surface area contributed by atoms with Crippen molar-refractivity contribution in [3.8, 4) is 11.4 Å². The Kier molecular flexibility index (Phi) is 5.44. The number of carbonyl (C=O) groups is 1. The van der Waals surface area contributed by atoms with Gasteiger partial charge in [0.05, 0.1) is 11.0 Å². The Labute approximate surface area is 164 Å². The van der Waals surface area contributed by atoms with Crippen LogP contribution in [0.15, 0.2) is 42.5 Å². The summed E-state index contributed by atoms with van der Waals surface area (Å²) in [7, 11) is 0. The average molecular weight is 382 g/mol. The van der Waals surface area contributed by atoms with Crippen LogP contribution in [0.1, 0.15) is 55.3 Å². The fraction of sp³-hybridized carbons (Fsp3) is 0.364. The lowest BCUT2D eigenvalue weighted by atomic mass is 9.96. The molecule has 1 aliphatic rings. The Morgan fingerprint density at radius 2 is 1.70 bits per heavy atom. The number of rotatable bonds is 3. The largest absolute Gasteiger partial charge is 0.349 e. The quantitative estimate of drug-likeness (QED) is 0.609. The summed E-state index contributed by atoms with van der Waals surface area (Å²) in [6.45, 7) is 0. The van der Waals surface area contributed by atoms with Crippen molar-refractivity contribution in [2.24, 2.45) is 0 Å². The lowest BCUT2D eigenvalue weighted by Gasteiger charge is -2.21. The number of aromatic nitrogens is 2. The van der Waals surface area contributed by atoms with E-state index in [0.717, 1.165) is 35.3 Å². The topological polar surface area (TPSA) is 57.8 Å². The van der Waals surface area contributed by atoms with Gasteiger partial charge in [0.25, 0.3) is 5.91 Å². The fourth-order valence-corrected chi connectivity index (χ4v) is 3.94. The minimum absolute atomic E-state index is 0.0171. The summed E-state index contributed by atoms with van der Waals surface area (Å²) in [5, 5.41) is 3.89. The molecule has 0 bridgehead atoms. The molecule has 3 aromatic rings.